The zero-order chi connectivity index (χ0) is 46.4. The maximum atomic E-state index is 12.8. The van der Waals surface area contributed by atoms with Gasteiger partial charge in [-0.2, -0.15) is 0 Å². The van der Waals surface area contributed by atoms with Gasteiger partial charge in [-0.05, 0) is 89.9 Å². The van der Waals surface area contributed by atoms with Crippen molar-refractivity contribution in [3.63, 3.8) is 0 Å². The minimum Gasteiger partial charge on any atom is -0.462 e. The molecule has 0 saturated heterocycles. The van der Waals surface area contributed by atoms with Crippen LogP contribution < -0.4 is 0 Å². The van der Waals surface area contributed by atoms with Gasteiger partial charge in [0.15, 0.2) is 6.10 Å². The molecule has 0 heterocycles. The molecule has 1 fully saturated rings. The molecule has 358 valence electrons. The second-order valence-electron chi connectivity index (χ2n) is 15.5. The van der Waals surface area contributed by atoms with Crippen LogP contribution in [-0.4, -0.2) is 98.3 Å². The standard InChI is InChI=1S/C49H79O13P/c1-3-5-7-9-11-13-15-17-19-21-23-25-27-29-31-33-35-37-42(50)59-39-41(40-60-63(57,58)62-49-47(55)45(53)44(52)46(54)48(49)56)61-43(51)38-36-34-32-30-28-26-24-22-20-18-16-14-12-10-8-6-4-2/h11-14,17-20,23-26,29-32,41,44-49,52-56H,3-10,15-16,21-22,27-28,33-40H2,1-2H3,(H,57,58)/b13-11+,14-12+,19-17+,20-18+,25-23+,26-24+,31-29+,32-30+/t41-,44?,45-,46?,47?,48?,49?/m0/s1. The minimum atomic E-state index is -5.15. The molecule has 0 radical (unpaired) electrons. The van der Waals surface area contributed by atoms with Gasteiger partial charge >= 0.3 is 19.8 Å². The normalized spacial score (nSPS) is 22.6. The summed E-state index contributed by atoms with van der Waals surface area (Å²) in [5.41, 5.74) is 0. The number of hydrogen-bond acceptors (Lipinski definition) is 12. The molecule has 1 aliphatic carbocycles. The van der Waals surface area contributed by atoms with Crippen LogP contribution in [0.1, 0.15) is 142 Å². The third-order valence-corrected chi connectivity index (χ3v) is 10.9. The zero-order valence-corrected chi connectivity index (χ0v) is 38.7. The van der Waals surface area contributed by atoms with E-state index in [0.29, 0.717) is 25.7 Å². The Bertz CT molecular complexity index is 1470. The third kappa shape index (κ3) is 30.5. The number of allylic oxidation sites excluding steroid dienone is 16. The van der Waals surface area contributed by atoms with Crippen LogP contribution in [0.25, 0.3) is 0 Å². The number of aliphatic hydroxyl groups is 5. The molecule has 14 heteroatoms. The van der Waals surface area contributed by atoms with Crippen LogP contribution in [0, 0.1) is 0 Å². The average Bonchev–Trinajstić information content (AvgIpc) is 3.26. The molecular formula is C49H79O13P. The molecule has 13 nitrogen and oxygen atoms in total. The summed E-state index contributed by atoms with van der Waals surface area (Å²) in [7, 11) is -5.15. The number of phosphoric acid groups is 1. The quantitative estimate of drug-likeness (QED) is 0.0150. The average molecular weight is 907 g/mol. The van der Waals surface area contributed by atoms with Gasteiger partial charge in [0.2, 0.25) is 0 Å². The van der Waals surface area contributed by atoms with E-state index in [1.165, 1.54) is 38.5 Å². The molecule has 1 rings (SSSR count). The molecule has 6 N–H and O–H groups in total. The molecule has 1 saturated carbocycles. The molecule has 63 heavy (non-hydrogen) atoms. The Morgan fingerprint density at radius 1 is 0.492 bits per heavy atom. The van der Waals surface area contributed by atoms with Gasteiger partial charge in [-0.3, -0.25) is 18.6 Å². The van der Waals surface area contributed by atoms with Crippen LogP contribution in [0.3, 0.4) is 0 Å². The monoisotopic (exact) mass is 907 g/mol. The number of esters is 2. The molecular weight excluding hydrogens is 827 g/mol. The number of hydrogen-bond donors (Lipinski definition) is 6. The van der Waals surface area contributed by atoms with E-state index in [1.807, 2.05) is 24.3 Å². The van der Waals surface area contributed by atoms with Gasteiger partial charge in [-0.15, -0.1) is 0 Å². The van der Waals surface area contributed by atoms with Gasteiger partial charge in [0, 0.05) is 12.8 Å². The van der Waals surface area contributed by atoms with Crippen LogP contribution in [0.5, 0.6) is 0 Å². The van der Waals surface area contributed by atoms with Crippen molar-refractivity contribution in [2.45, 2.75) is 185 Å². The van der Waals surface area contributed by atoms with Gasteiger partial charge < -0.3 is 39.9 Å². The second kappa shape index (κ2) is 38.1. The number of unbranched alkanes of at least 4 members (excludes halogenated alkanes) is 8. The fourth-order valence-corrected chi connectivity index (χ4v) is 7.13. The summed E-state index contributed by atoms with van der Waals surface area (Å²) in [6, 6.07) is 0. The first-order valence-corrected chi connectivity index (χ1v) is 24.5. The highest BCUT2D eigenvalue weighted by Gasteiger charge is 2.51. The first kappa shape index (κ1) is 57.8. The highest BCUT2D eigenvalue weighted by molar-refractivity contribution is 7.47. The maximum Gasteiger partial charge on any atom is 0.472 e. The number of carbonyl (C=O) groups is 2. The van der Waals surface area contributed by atoms with Crippen molar-refractivity contribution in [1.82, 2.24) is 0 Å². The molecule has 0 amide bonds. The van der Waals surface area contributed by atoms with Crippen molar-refractivity contribution < 1.29 is 63.1 Å². The summed E-state index contributed by atoms with van der Waals surface area (Å²) in [6.07, 6.45) is 37.6. The number of phosphoric ester groups is 1. The van der Waals surface area contributed by atoms with Gasteiger partial charge in [-0.25, -0.2) is 4.57 Å². The van der Waals surface area contributed by atoms with Gasteiger partial charge in [0.05, 0.1) is 6.61 Å². The molecule has 0 aliphatic heterocycles. The van der Waals surface area contributed by atoms with Crippen LogP contribution in [-0.2, 0) is 32.7 Å². The van der Waals surface area contributed by atoms with Crippen LogP contribution in [0.15, 0.2) is 97.2 Å². The predicted molar refractivity (Wildman–Crippen MR) is 248 cm³/mol. The lowest BCUT2D eigenvalue weighted by Crippen LogP contribution is -2.64. The largest absolute Gasteiger partial charge is 0.472 e. The summed E-state index contributed by atoms with van der Waals surface area (Å²) in [4.78, 5) is 35.7. The van der Waals surface area contributed by atoms with Gasteiger partial charge in [0.1, 0.15) is 43.2 Å². The van der Waals surface area contributed by atoms with E-state index in [2.05, 4.69) is 86.8 Å². The molecule has 0 spiro atoms. The Labute approximate surface area is 377 Å². The number of ether oxygens (including phenoxy) is 2. The van der Waals surface area contributed by atoms with E-state index in [4.69, 9.17) is 18.5 Å². The van der Waals surface area contributed by atoms with E-state index in [1.54, 1.807) is 0 Å². The van der Waals surface area contributed by atoms with Gasteiger partial charge in [-0.1, -0.05) is 137 Å². The van der Waals surface area contributed by atoms with Crippen LogP contribution in [0.2, 0.25) is 0 Å². The fraction of sp³-hybridized carbons (Fsp3) is 0.633. The highest BCUT2D eigenvalue weighted by atomic mass is 31.2. The van der Waals surface area contributed by atoms with Crippen molar-refractivity contribution >= 4 is 19.8 Å². The Hall–Kier alpha value is -3.23. The Kier molecular flexibility index (Phi) is 34.9. The highest BCUT2D eigenvalue weighted by Crippen LogP contribution is 2.47. The van der Waals surface area contributed by atoms with Crippen LogP contribution >= 0.6 is 7.82 Å². The minimum absolute atomic E-state index is 0.00337. The first-order valence-electron chi connectivity index (χ1n) is 23.0. The fourth-order valence-electron chi connectivity index (χ4n) is 6.15. The van der Waals surface area contributed by atoms with Crippen molar-refractivity contribution in [2.75, 3.05) is 13.2 Å². The topological polar surface area (TPSA) is 210 Å². The zero-order valence-electron chi connectivity index (χ0n) is 37.8. The summed E-state index contributed by atoms with van der Waals surface area (Å²) < 4.78 is 33.4. The summed E-state index contributed by atoms with van der Waals surface area (Å²) >= 11 is 0. The molecule has 1 aliphatic rings. The molecule has 0 aromatic heterocycles. The number of rotatable bonds is 36. The van der Waals surface area contributed by atoms with Crippen molar-refractivity contribution in [3.05, 3.63) is 97.2 Å². The summed E-state index contributed by atoms with van der Waals surface area (Å²) in [6.45, 7) is 3.13. The number of carbonyl (C=O) groups excluding carboxylic acids is 2. The Morgan fingerprint density at radius 2 is 0.841 bits per heavy atom. The molecule has 8 atom stereocenters. The lowest BCUT2D eigenvalue weighted by atomic mass is 9.85. The van der Waals surface area contributed by atoms with E-state index in [-0.39, 0.29) is 12.8 Å². The van der Waals surface area contributed by atoms with E-state index >= 15 is 0 Å². The maximum absolute atomic E-state index is 12.8. The van der Waals surface area contributed by atoms with Crippen molar-refractivity contribution in [1.29, 1.82) is 0 Å². The molecule has 6 unspecified atom stereocenters. The van der Waals surface area contributed by atoms with E-state index in [0.717, 1.165) is 51.4 Å². The van der Waals surface area contributed by atoms with Gasteiger partial charge in [0.25, 0.3) is 0 Å². The molecule has 0 aromatic carbocycles. The van der Waals surface area contributed by atoms with E-state index in [9.17, 15) is 44.6 Å². The number of aliphatic hydroxyl groups excluding tert-OH is 5. The molecule has 0 bridgehead atoms. The second-order valence-corrected chi connectivity index (χ2v) is 16.9. The predicted octanol–water partition coefficient (Wildman–Crippen LogP) is 9.05. The lowest BCUT2D eigenvalue weighted by molar-refractivity contribution is -0.220. The lowest BCUT2D eigenvalue weighted by Gasteiger charge is -2.41. The summed E-state index contributed by atoms with van der Waals surface area (Å²) in [5.74, 6) is -1.24. The van der Waals surface area contributed by atoms with Crippen molar-refractivity contribution in [2.24, 2.45) is 0 Å². The van der Waals surface area contributed by atoms with Crippen LogP contribution in [0.4, 0.5) is 0 Å². The summed E-state index contributed by atoms with van der Waals surface area (Å²) in [5, 5.41) is 50.1. The van der Waals surface area contributed by atoms with E-state index < -0.39 is 75.7 Å². The van der Waals surface area contributed by atoms with Crippen molar-refractivity contribution in [3.8, 4) is 0 Å². The third-order valence-electron chi connectivity index (χ3n) is 9.90. The first-order chi connectivity index (χ1) is 30.4. The SMILES string of the molecule is CCCCC/C=C/C/C=C/C/C=C/C/C=C/CCCC(=O)OC[C@@H](COP(=O)(O)OC1C(O)C(O)C(O)[C@H](O)C1O)OC(=O)CCC/C=C/C/C=C/C/C=C/C/C=C/CCCCC. The Balaban J connectivity index is 2.56. The Morgan fingerprint density at radius 3 is 1.24 bits per heavy atom. The molecule has 0 aromatic rings. The smallest absolute Gasteiger partial charge is 0.462 e.